The van der Waals surface area contributed by atoms with Crippen molar-refractivity contribution >= 4 is 5.91 Å². The average molecular weight is 208 g/mol. The van der Waals surface area contributed by atoms with Crippen molar-refractivity contribution < 1.29 is 4.79 Å². The summed E-state index contributed by atoms with van der Waals surface area (Å²) in [6, 6.07) is 0. The molecule has 84 valence electrons. The van der Waals surface area contributed by atoms with Crippen molar-refractivity contribution in [2.24, 2.45) is 11.3 Å². The number of nitrogens with zero attached hydrogens (tertiary/aromatic N) is 1. The van der Waals surface area contributed by atoms with E-state index in [1.165, 1.54) is 19.3 Å². The molecule has 15 heavy (non-hydrogen) atoms. The number of likely N-dealkylation sites (tertiary alicyclic amines) is 1. The van der Waals surface area contributed by atoms with Gasteiger partial charge in [0.05, 0.1) is 0 Å². The summed E-state index contributed by atoms with van der Waals surface area (Å²) < 4.78 is 0. The Morgan fingerprint density at radius 2 is 2.20 bits per heavy atom. The summed E-state index contributed by atoms with van der Waals surface area (Å²) in [4.78, 5) is 14.2. The maximum atomic E-state index is 12.0. The summed E-state index contributed by atoms with van der Waals surface area (Å²) in [6.45, 7) is 4.30. The van der Waals surface area contributed by atoms with Gasteiger partial charge in [-0.1, -0.05) is 0 Å². The lowest BCUT2D eigenvalue weighted by Crippen LogP contribution is -2.47. The molecule has 1 N–H and O–H groups in total. The molecule has 3 aliphatic rings. The van der Waals surface area contributed by atoms with E-state index >= 15 is 0 Å². The molecule has 3 fully saturated rings. The molecule has 0 aromatic heterocycles. The lowest BCUT2D eigenvalue weighted by Gasteiger charge is -2.40. The zero-order chi connectivity index (χ0) is 10.3. The van der Waals surface area contributed by atoms with Crippen LogP contribution < -0.4 is 5.32 Å². The maximum absolute atomic E-state index is 12.0. The molecule has 0 aromatic rings. The Balaban J connectivity index is 1.67. The zero-order valence-electron chi connectivity index (χ0n) is 9.30. The van der Waals surface area contributed by atoms with Gasteiger partial charge in [0, 0.05) is 31.0 Å². The first-order chi connectivity index (χ1) is 7.29. The standard InChI is InChI=1S/C12H20N2O/c15-11(10-2-3-10)14-7-1-4-12(9-14)5-6-13-8-12/h10,13H,1-9H2. The molecule has 1 unspecified atom stereocenters. The van der Waals surface area contributed by atoms with Crippen molar-refractivity contribution in [3.8, 4) is 0 Å². The Bertz CT molecular complexity index is 267. The van der Waals surface area contributed by atoms with Gasteiger partial charge in [-0.15, -0.1) is 0 Å². The predicted molar refractivity (Wildman–Crippen MR) is 58.5 cm³/mol. The Morgan fingerprint density at radius 1 is 1.33 bits per heavy atom. The fourth-order valence-electron chi connectivity index (χ4n) is 3.13. The van der Waals surface area contributed by atoms with Gasteiger partial charge >= 0.3 is 0 Å². The first-order valence-corrected chi connectivity index (χ1v) is 6.29. The molecule has 1 amide bonds. The number of carbonyl (C=O) groups is 1. The monoisotopic (exact) mass is 208 g/mol. The van der Waals surface area contributed by atoms with Crippen molar-refractivity contribution in [1.82, 2.24) is 10.2 Å². The van der Waals surface area contributed by atoms with Gasteiger partial charge in [-0.3, -0.25) is 4.79 Å². The fourth-order valence-corrected chi connectivity index (χ4v) is 3.13. The van der Waals surface area contributed by atoms with Crippen LogP contribution in [0.4, 0.5) is 0 Å². The Morgan fingerprint density at radius 3 is 2.87 bits per heavy atom. The molecule has 1 spiro atoms. The third-order valence-corrected chi connectivity index (χ3v) is 4.23. The van der Waals surface area contributed by atoms with Gasteiger partial charge in [-0.25, -0.2) is 0 Å². The van der Waals surface area contributed by atoms with Crippen LogP contribution in [0.5, 0.6) is 0 Å². The highest BCUT2D eigenvalue weighted by atomic mass is 16.2. The molecule has 2 heterocycles. The molecular formula is C12H20N2O. The predicted octanol–water partition coefficient (Wildman–Crippen LogP) is 0.998. The van der Waals surface area contributed by atoms with Crippen molar-refractivity contribution in [3.63, 3.8) is 0 Å². The van der Waals surface area contributed by atoms with Crippen LogP contribution in [0.1, 0.15) is 32.1 Å². The summed E-state index contributed by atoms with van der Waals surface area (Å²) in [5.74, 6) is 0.843. The van der Waals surface area contributed by atoms with Crippen molar-refractivity contribution in [3.05, 3.63) is 0 Å². The number of nitrogens with one attached hydrogen (secondary N) is 1. The molecule has 0 bridgehead atoms. The molecule has 1 atom stereocenters. The van der Waals surface area contributed by atoms with E-state index in [0.29, 0.717) is 17.2 Å². The summed E-state index contributed by atoms with van der Waals surface area (Å²) in [6.07, 6.45) is 6.07. The van der Waals surface area contributed by atoms with Crippen LogP contribution in [-0.4, -0.2) is 37.0 Å². The molecule has 1 saturated carbocycles. The third kappa shape index (κ3) is 1.78. The van der Waals surface area contributed by atoms with Gasteiger partial charge in [-0.2, -0.15) is 0 Å². The normalized spacial score (nSPS) is 36.1. The van der Waals surface area contributed by atoms with E-state index in [4.69, 9.17) is 0 Å². The highest BCUT2D eigenvalue weighted by molar-refractivity contribution is 5.81. The number of rotatable bonds is 1. The highest BCUT2D eigenvalue weighted by Crippen LogP contribution is 2.38. The maximum Gasteiger partial charge on any atom is 0.225 e. The molecule has 0 radical (unpaired) electrons. The van der Waals surface area contributed by atoms with Crippen molar-refractivity contribution in [2.45, 2.75) is 32.1 Å². The molecule has 2 aliphatic heterocycles. The summed E-state index contributed by atoms with van der Waals surface area (Å²) in [5, 5.41) is 3.45. The van der Waals surface area contributed by atoms with E-state index < -0.39 is 0 Å². The topological polar surface area (TPSA) is 32.3 Å². The van der Waals surface area contributed by atoms with Gasteiger partial charge in [0.25, 0.3) is 0 Å². The van der Waals surface area contributed by atoms with Crippen molar-refractivity contribution in [2.75, 3.05) is 26.2 Å². The van der Waals surface area contributed by atoms with Crippen LogP contribution in [0.2, 0.25) is 0 Å². The Labute approximate surface area is 91.2 Å². The summed E-state index contributed by atoms with van der Waals surface area (Å²) >= 11 is 0. The second kappa shape index (κ2) is 3.48. The minimum atomic E-state index is 0.398. The van der Waals surface area contributed by atoms with Crippen LogP contribution in [0.15, 0.2) is 0 Å². The van der Waals surface area contributed by atoms with Crippen molar-refractivity contribution in [1.29, 1.82) is 0 Å². The SMILES string of the molecule is O=C(C1CC1)N1CCCC2(CCNC2)C1. The number of piperidine rings is 1. The second-order valence-corrected chi connectivity index (χ2v) is 5.56. The lowest BCUT2D eigenvalue weighted by molar-refractivity contribution is -0.135. The number of carbonyl (C=O) groups excluding carboxylic acids is 1. The minimum Gasteiger partial charge on any atom is -0.342 e. The molecule has 2 saturated heterocycles. The second-order valence-electron chi connectivity index (χ2n) is 5.56. The van der Waals surface area contributed by atoms with Gasteiger partial charge in [0.15, 0.2) is 0 Å². The number of amides is 1. The van der Waals surface area contributed by atoms with Crippen LogP contribution in [0.3, 0.4) is 0 Å². The molecule has 3 rings (SSSR count). The molecule has 3 nitrogen and oxygen atoms in total. The Hall–Kier alpha value is -0.570. The minimum absolute atomic E-state index is 0.398. The van der Waals surface area contributed by atoms with Crippen LogP contribution in [-0.2, 0) is 4.79 Å². The first kappa shape index (κ1) is 9.64. The van der Waals surface area contributed by atoms with E-state index in [0.717, 1.165) is 39.0 Å². The molecular weight excluding hydrogens is 188 g/mol. The number of hydrogen-bond donors (Lipinski definition) is 1. The van der Waals surface area contributed by atoms with Gasteiger partial charge < -0.3 is 10.2 Å². The van der Waals surface area contributed by atoms with Crippen LogP contribution >= 0.6 is 0 Å². The quantitative estimate of drug-likeness (QED) is 0.697. The van der Waals surface area contributed by atoms with Gasteiger partial charge in [-0.05, 0) is 38.6 Å². The van der Waals surface area contributed by atoms with Gasteiger partial charge in [0.2, 0.25) is 5.91 Å². The lowest BCUT2D eigenvalue weighted by atomic mass is 9.79. The van der Waals surface area contributed by atoms with E-state index in [1.54, 1.807) is 0 Å². The first-order valence-electron chi connectivity index (χ1n) is 6.29. The highest BCUT2D eigenvalue weighted by Gasteiger charge is 2.42. The summed E-state index contributed by atoms with van der Waals surface area (Å²) in [7, 11) is 0. The number of hydrogen-bond acceptors (Lipinski definition) is 2. The van der Waals surface area contributed by atoms with E-state index in [1.807, 2.05) is 0 Å². The Kier molecular flexibility index (Phi) is 2.23. The zero-order valence-corrected chi connectivity index (χ0v) is 9.30. The largest absolute Gasteiger partial charge is 0.342 e. The molecule has 3 heteroatoms. The fraction of sp³-hybridized carbons (Fsp3) is 0.917. The molecule has 0 aromatic carbocycles. The summed E-state index contributed by atoms with van der Waals surface area (Å²) in [5.41, 5.74) is 0.433. The van der Waals surface area contributed by atoms with Crippen LogP contribution in [0, 0.1) is 11.3 Å². The smallest absolute Gasteiger partial charge is 0.225 e. The third-order valence-electron chi connectivity index (χ3n) is 4.23. The van der Waals surface area contributed by atoms with E-state index in [2.05, 4.69) is 10.2 Å². The van der Waals surface area contributed by atoms with E-state index in [-0.39, 0.29) is 0 Å². The molecule has 1 aliphatic carbocycles. The average Bonchev–Trinajstić information content (AvgIpc) is 3.02. The van der Waals surface area contributed by atoms with E-state index in [9.17, 15) is 4.79 Å². The van der Waals surface area contributed by atoms with Crippen LogP contribution in [0.25, 0.3) is 0 Å². The van der Waals surface area contributed by atoms with Gasteiger partial charge in [0.1, 0.15) is 0 Å².